The molecule has 0 spiro atoms. The van der Waals surface area contributed by atoms with E-state index >= 15 is 0 Å². The lowest BCUT2D eigenvalue weighted by Crippen LogP contribution is -2.31. The molecule has 0 aliphatic carbocycles. The molecule has 22 heavy (non-hydrogen) atoms. The second-order valence-corrected chi connectivity index (χ2v) is 5.99. The fourth-order valence-corrected chi connectivity index (χ4v) is 3.08. The van der Waals surface area contributed by atoms with Crippen LogP contribution in [0.15, 0.2) is 35.5 Å². The number of rotatable bonds is 3. The van der Waals surface area contributed by atoms with Crippen molar-refractivity contribution in [1.82, 2.24) is 4.90 Å². The number of anilines is 1. The van der Waals surface area contributed by atoms with Crippen molar-refractivity contribution in [3.63, 3.8) is 0 Å². The summed E-state index contributed by atoms with van der Waals surface area (Å²) in [6.45, 7) is 7.81. The maximum Gasteiger partial charge on any atom is 0.116 e. The van der Waals surface area contributed by atoms with Crippen LogP contribution in [-0.2, 0) is 0 Å². The number of allylic oxidation sites excluding steroid dienone is 1. The minimum absolute atomic E-state index is 0.181. The quantitative estimate of drug-likeness (QED) is 0.528. The normalized spacial score (nSPS) is 16.6. The number of para-hydroxylation sites is 1. The summed E-state index contributed by atoms with van der Waals surface area (Å²) in [7, 11) is 0. The van der Waals surface area contributed by atoms with E-state index < -0.39 is 0 Å². The maximum absolute atomic E-state index is 9.22. The van der Waals surface area contributed by atoms with Gasteiger partial charge >= 0.3 is 0 Å². The minimum atomic E-state index is 0.181. The highest BCUT2D eigenvalue weighted by Gasteiger charge is 2.18. The van der Waals surface area contributed by atoms with Crippen molar-refractivity contribution in [2.24, 2.45) is 5.73 Å². The first kappa shape index (κ1) is 16.3. The van der Waals surface area contributed by atoms with E-state index in [0.29, 0.717) is 5.57 Å². The van der Waals surface area contributed by atoms with Crippen LogP contribution >= 0.6 is 12.2 Å². The van der Waals surface area contributed by atoms with Crippen LogP contribution < -0.4 is 10.6 Å². The molecule has 4 nitrogen and oxygen atoms in total. The van der Waals surface area contributed by atoms with Gasteiger partial charge in [0.15, 0.2) is 0 Å². The summed E-state index contributed by atoms with van der Waals surface area (Å²) in [5.74, 6) is 0. The van der Waals surface area contributed by atoms with E-state index in [1.807, 2.05) is 6.92 Å². The molecule has 1 saturated heterocycles. The summed E-state index contributed by atoms with van der Waals surface area (Å²) >= 11 is 4.97. The minimum Gasteiger partial charge on any atom is -0.389 e. The molecular formula is C17H22N4S. The molecule has 2 rings (SSSR count). The van der Waals surface area contributed by atoms with Crippen molar-refractivity contribution < 1.29 is 0 Å². The SMILES string of the molecule is C/C(=C(\C#N)C(N)=S)N1CCCN(c2ccccc2C)CC1. The predicted molar refractivity (Wildman–Crippen MR) is 94.7 cm³/mol. The number of aryl methyl sites for hydroxylation is 1. The van der Waals surface area contributed by atoms with Crippen molar-refractivity contribution in [2.45, 2.75) is 20.3 Å². The Morgan fingerprint density at radius 1 is 1.23 bits per heavy atom. The van der Waals surface area contributed by atoms with E-state index in [1.54, 1.807) is 0 Å². The lowest BCUT2D eigenvalue weighted by molar-refractivity contribution is 0.369. The molecule has 2 N–H and O–H groups in total. The molecule has 1 aliphatic rings. The Bertz CT molecular complexity index is 630. The van der Waals surface area contributed by atoms with Crippen molar-refractivity contribution in [1.29, 1.82) is 5.26 Å². The molecule has 0 unspecified atom stereocenters. The fourth-order valence-electron chi connectivity index (χ4n) is 2.88. The van der Waals surface area contributed by atoms with Gasteiger partial charge in [-0.1, -0.05) is 30.4 Å². The van der Waals surface area contributed by atoms with Crippen molar-refractivity contribution in [2.75, 3.05) is 31.1 Å². The first-order chi connectivity index (χ1) is 10.5. The number of nitrogens with zero attached hydrogens (tertiary/aromatic N) is 3. The van der Waals surface area contributed by atoms with Crippen molar-refractivity contribution in [3.8, 4) is 6.07 Å². The van der Waals surface area contributed by atoms with Gasteiger partial charge in [-0.3, -0.25) is 0 Å². The van der Waals surface area contributed by atoms with Gasteiger partial charge in [0.05, 0.1) is 0 Å². The molecule has 0 bridgehead atoms. The van der Waals surface area contributed by atoms with Gasteiger partial charge in [0, 0.05) is 37.6 Å². The Hall–Kier alpha value is -2.06. The highest BCUT2D eigenvalue weighted by molar-refractivity contribution is 7.80. The van der Waals surface area contributed by atoms with Crippen LogP contribution in [0, 0.1) is 18.3 Å². The van der Waals surface area contributed by atoms with Crippen LogP contribution in [0.3, 0.4) is 0 Å². The van der Waals surface area contributed by atoms with Crippen LogP contribution in [0.5, 0.6) is 0 Å². The number of benzene rings is 1. The second kappa shape index (κ2) is 7.28. The monoisotopic (exact) mass is 314 g/mol. The van der Waals surface area contributed by atoms with E-state index in [9.17, 15) is 5.26 Å². The number of nitriles is 1. The number of hydrogen-bond acceptors (Lipinski definition) is 4. The second-order valence-electron chi connectivity index (χ2n) is 5.55. The van der Waals surface area contributed by atoms with Gasteiger partial charge < -0.3 is 15.5 Å². The standard InChI is InChI=1S/C17H22N4S/c1-13-6-3-4-7-16(13)21-9-5-8-20(10-11-21)14(2)15(12-18)17(19)22/h3-4,6-7H,5,8-11H2,1-2H3,(H2,19,22)/b15-14-. The Labute approximate surface area is 137 Å². The topological polar surface area (TPSA) is 56.3 Å². The van der Waals surface area contributed by atoms with Crippen LogP contribution in [0.2, 0.25) is 0 Å². The van der Waals surface area contributed by atoms with Gasteiger partial charge in [0.1, 0.15) is 16.6 Å². The summed E-state index contributed by atoms with van der Waals surface area (Å²) in [6.07, 6.45) is 1.04. The number of nitrogens with two attached hydrogens (primary N) is 1. The Balaban J connectivity index is 2.16. The van der Waals surface area contributed by atoms with E-state index in [4.69, 9.17) is 18.0 Å². The zero-order valence-corrected chi connectivity index (χ0v) is 14.0. The Kier molecular flexibility index (Phi) is 5.40. The average Bonchev–Trinajstić information content (AvgIpc) is 2.74. The van der Waals surface area contributed by atoms with E-state index in [0.717, 1.165) is 38.3 Å². The van der Waals surface area contributed by atoms with E-state index in [2.05, 4.69) is 47.1 Å². The zero-order chi connectivity index (χ0) is 16.1. The molecule has 1 aromatic rings. The van der Waals surface area contributed by atoms with Gasteiger partial charge in [0.25, 0.3) is 0 Å². The Morgan fingerprint density at radius 2 is 1.95 bits per heavy atom. The molecule has 116 valence electrons. The van der Waals surface area contributed by atoms with Gasteiger partial charge in [0.2, 0.25) is 0 Å². The first-order valence-electron chi connectivity index (χ1n) is 7.51. The van der Waals surface area contributed by atoms with Gasteiger partial charge in [-0.05, 0) is 31.9 Å². The Morgan fingerprint density at radius 3 is 2.59 bits per heavy atom. The summed E-state index contributed by atoms with van der Waals surface area (Å²) < 4.78 is 0. The maximum atomic E-state index is 9.22. The molecular weight excluding hydrogens is 292 g/mol. The summed E-state index contributed by atoms with van der Waals surface area (Å²) in [5, 5.41) is 9.22. The van der Waals surface area contributed by atoms with Crippen LogP contribution in [0.4, 0.5) is 5.69 Å². The molecule has 0 atom stereocenters. The predicted octanol–water partition coefficient (Wildman–Crippen LogP) is 2.59. The smallest absolute Gasteiger partial charge is 0.116 e. The molecule has 0 saturated carbocycles. The average molecular weight is 314 g/mol. The largest absolute Gasteiger partial charge is 0.389 e. The molecule has 5 heteroatoms. The van der Waals surface area contributed by atoms with Gasteiger partial charge in [-0.15, -0.1) is 0 Å². The molecule has 0 aromatic heterocycles. The van der Waals surface area contributed by atoms with Crippen molar-refractivity contribution in [3.05, 3.63) is 41.1 Å². The summed E-state index contributed by atoms with van der Waals surface area (Å²) in [4.78, 5) is 4.81. The summed E-state index contributed by atoms with van der Waals surface area (Å²) in [5.41, 5.74) is 9.55. The third-order valence-corrected chi connectivity index (χ3v) is 4.35. The van der Waals surface area contributed by atoms with Crippen LogP contribution in [-0.4, -0.2) is 36.1 Å². The molecule has 0 amide bonds. The van der Waals surface area contributed by atoms with Crippen molar-refractivity contribution >= 4 is 22.9 Å². The fraction of sp³-hybridized carbons (Fsp3) is 0.412. The van der Waals surface area contributed by atoms with Crippen LogP contribution in [0.25, 0.3) is 0 Å². The third-order valence-electron chi connectivity index (χ3n) is 4.15. The number of hydrogen-bond donors (Lipinski definition) is 1. The zero-order valence-electron chi connectivity index (χ0n) is 13.2. The summed E-state index contributed by atoms with van der Waals surface area (Å²) in [6, 6.07) is 10.6. The first-order valence-corrected chi connectivity index (χ1v) is 7.91. The van der Waals surface area contributed by atoms with E-state index in [-0.39, 0.29) is 4.99 Å². The lowest BCUT2D eigenvalue weighted by Gasteiger charge is -2.26. The van der Waals surface area contributed by atoms with E-state index in [1.165, 1.54) is 11.3 Å². The molecule has 1 heterocycles. The molecule has 1 aromatic carbocycles. The lowest BCUT2D eigenvalue weighted by atomic mass is 10.2. The van der Waals surface area contributed by atoms with Gasteiger partial charge in [-0.2, -0.15) is 5.26 Å². The molecule has 1 fully saturated rings. The molecule has 0 radical (unpaired) electrons. The molecule has 1 aliphatic heterocycles. The number of thiocarbonyl (C=S) groups is 1. The third kappa shape index (κ3) is 3.58. The van der Waals surface area contributed by atoms with Crippen LogP contribution in [0.1, 0.15) is 18.9 Å². The highest BCUT2D eigenvalue weighted by atomic mass is 32.1. The highest BCUT2D eigenvalue weighted by Crippen LogP contribution is 2.22. The van der Waals surface area contributed by atoms with Gasteiger partial charge in [-0.25, -0.2) is 0 Å².